The molecular weight excluding hydrogens is 214 g/mol. The highest BCUT2D eigenvalue weighted by Gasteiger charge is 2.23. The van der Waals surface area contributed by atoms with Crippen LogP contribution in [0.5, 0.6) is 0 Å². The Kier molecular flexibility index (Phi) is 3.36. The van der Waals surface area contributed by atoms with Gasteiger partial charge in [-0.25, -0.2) is 0 Å². The molecule has 92 valence electrons. The number of fused-ring (bicyclic) bond motifs is 1. The number of likely N-dealkylation sites (N-methyl/N-ethyl adjacent to an activating group) is 1. The molecular formula is C14H19NO2. The molecule has 17 heavy (non-hydrogen) atoms. The van der Waals surface area contributed by atoms with Crippen LogP contribution >= 0.6 is 0 Å². The fourth-order valence-electron chi connectivity index (χ4n) is 2.65. The largest absolute Gasteiger partial charge is 0.481 e. The minimum Gasteiger partial charge on any atom is -0.481 e. The van der Waals surface area contributed by atoms with Gasteiger partial charge in [-0.05, 0) is 30.4 Å². The summed E-state index contributed by atoms with van der Waals surface area (Å²) >= 11 is 0. The predicted octanol–water partition coefficient (Wildman–Crippen LogP) is 2.65. The van der Waals surface area contributed by atoms with Gasteiger partial charge in [-0.3, -0.25) is 4.79 Å². The van der Waals surface area contributed by atoms with Crippen LogP contribution in [0.25, 0.3) is 0 Å². The SMILES string of the molecule is CCN1CCc2cccc(C(C)CC(=O)O)c21. The molecule has 0 bridgehead atoms. The van der Waals surface area contributed by atoms with Crippen molar-refractivity contribution >= 4 is 11.7 Å². The second-order valence-electron chi connectivity index (χ2n) is 4.68. The number of benzene rings is 1. The molecule has 1 heterocycles. The van der Waals surface area contributed by atoms with Gasteiger partial charge >= 0.3 is 5.97 Å². The molecule has 3 heteroatoms. The van der Waals surface area contributed by atoms with Gasteiger partial charge in [0.05, 0.1) is 6.42 Å². The maximum absolute atomic E-state index is 10.8. The van der Waals surface area contributed by atoms with E-state index in [4.69, 9.17) is 5.11 Å². The van der Waals surface area contributed by atoms with Crippen molar-refractivity contribution in [1.29, 1.82) is 0 Å². The van der Waals surface area contributed by atoms with Gasteiger partial charge in [0.15, 0.2) is 0 Å². The van der Waals surface area contributed by atoms with Crippen molar-refractivity contribution < 1.29 is 9.90 Å². The first kappa shape index (κ1) is 12.0. The summed E-state index contributed by atoms with van der Waals surface area (Å²) < 4.78 is 0. The Morgan fingerprint density at radius 1 is 1.53 bits per heavy atom. The lowest BCUT2D eigenvalue weighted by molar-refractivity contribution is -0.137. The Labute approximate surface area is 102 Å². The third-order valence-corrected chi connectivity index (χ3v) is 3.51. The van der Waals surface area contributed by atoms with Crippen LogP contribution in [0.1, 0.15) is 37.3 Å². The average Bonchev–Trinajstić information content (AvgIpc) is 2.70. The van der Waals surface area contributed by atoms with Crippen LogP contribution in [0.3, 0.4) is 0 Å². The molecule has 0 amide bonds. The Hall–Kier alpha value is -1.51. The van der Waals surface area contributed by atoms with E-state index in [-0.39, 0.29) is 12.3 Å². The summed E-state index contributed by atoms with van der Waals surface area (Å²) in [7, 11) is 0. The predicted molar refractivity (Wildman–Crippen MR) is 68.7 cm³/mol. The van der Waals surface area contributed by atoms with Gasteiger partial charge in [-0.15, -0.1) is 0 Å². The monoisotopic (exact) mass is 233 g/mol. The highest BCUT2D eigenvalue weighted by molar-refractivity contribution is 5.70. The zero-order valence-corrected chi connectivity index (χ0v) is 10.4. The number of anilines is 1. The molecule has 0 fully saturated rings. The minimum absolute atomic E-state index is 0.0783. The molecule has 1 aliphatic heterocycles. The Morgan fingerprint density at radius 2 is 2.29 bits per heavy atom. The second-order valence-corrected chi connectivity index (χ2v) is 4.68. The van der Waals surface area contributed by atoms with Crippen molar-refractivity contribution in [3.05, 3.63) is 29.3 Å². The van der Waals surface area contributed by atoms with E-state index in [1.807, 2.05) is 13.0 Å². The first-order chi connectivity index (χ1) is 8.13. The van der Waals surface area contributed by atoms with E-state index in [1.165, 1.54) is 16.8 Å². The number of carboxylic acids is 1. The Balaban J connectivity index is 2.35. The van der Waals surface area contributed by atoms with E-state index < -0.39 is 5.97 Å². The van der Waals surface area contributed by atoms with Gasteiger partial charge < -0.3 is 10.0 Å². The third-order valence-electron chi connectivity index (χ3n) is 3.51. The quantitative estimate of drug-likeness (QED) is 0.869. The topological polar surface area (TPSA) is 40.5 Å². The van der Waals surface area contributed by atoms with Crippen molar-refractivity contribution in [2.75, 3.05) is 18.0 Å². The van der Waals surface area contributed by atoms with Crippen LogP contribution in [-0.4, -0.2) is 24.2 Å². The van der Waals surface area contributed by atoms with Crippen molar-refractivity contribution in [2.45, 2.75) is 32.6 Å². The molecule has 1 atom stereocenters. The van der Waals surface area contributed by atoms with E-state index in [1.54, 1.807) is 0 Å². The van der Waals surface area contributed by atoms with Crippen molar-refractivity contribution in [1.82, 2.24) is 0 Å². The summed E-state index contributed by atoms with van der Waals surface area (Å²) in [6, 6.07) is 6.27. The molecule has 1 aliphatic rings. The smallest absolute Gasteiger partial charge is 0.303 e. The summed E-state index contributed by atoms with van der Waals surface area (Å²) in [5.41, 5.74) is 3.83. The van der Waals surface area contributed by atoms with Crippen LogP contribution in [-0.2, 0) is 11.2 Å². The maximum atomic E-state index is 10.8. The van der Waals surface area contributed by atoms with Crippen LogP contribution in [0.2, 0.25) is 0 Å². The lowest BCUT2D eigenvalue weighted by Gasteiger charge is -2.23. The van der Waals surface area contributed by atoms with Gasteiger partial charge in [0, 0.05) is 18.8 Å². The maximum Gasteiger partial charge on any atom is 0.303 e. The molecule has 0 saturated heterocycles. The molecule has 1 unspecified atom stereocenters. The lowest BCUT2D eigenvalue weighted by atomic mass is 9.94. The van der Waals surface area contributed by atoms with Crippen LogP contribution in [0.4, 0.5) is 5.69 Å². The number of hydrogen-bond acceptors (Lipinski definition) is 2. The number of carboxylic acid groups (broad SMARTS) is 1. The third kappa shape index (κ3) is 2.28. The Bertz CT molecular complexity index is 428. The van der Waals surface area contributed by atoms with E-state index in [0.717, 1.165) is 19.5 Å². The number of nitrogens with zero attached hydrogens (tertiary/aromatic N) is 1. The first-order valence-electron chi connectivity index (χ1n) is 6.22. The highest BCUT2D eigenvalue weighted by atomic mass is 16.4. The highest BCUT2D eigenvalue weighted by Crippen LogP contribution is 2.36. The zero-order valence-electron chi connectivity index (χ0n) is 10.4. The molecule has 1 aromatic carbocycles. The molecule has 0 radical (unpaired) electrons. The molecule has 1 N–H and O–H groups in total. The summed E-state index contributed by atoms with van der Waals surface area (Å²) in [4.78, 5) is 13.2. The van der Waals surface area contributed by atoms with E-state index >= 15 is 0 Å². The fraction of sp³-hybridized carbons (Fsp3) is 0.500. The number of aliphatic carboxylic acids is 1. The van der Waals surface area contributed by atoms with E-state index in [2.05, 4.69) is 24.0 Å². The van der Waals surface area contributed by atoms with Gasteiger partial charge in [0.1, 0.15) is 0 Å². The molecule has 3 nitrogen and oxygen atoms in total. The van der Waals surface area contributed by atoms with Crippen molar-refractivity contribution in [3.63, 3.8) is 0 Å². The van der Waals surface area contributed by atoms with Gasteiger partial charge in [0.25, 0.3) is 0 Å². The molecule has 0 aliphatic carbocycles. The minimum atomic E-state index is -0.726. The summed E-state index contributed by atoms with van der Waals surface area (Å²) in [5, 5.41) is 8.90. The standard InChI is InChI=1S/C14H19NO2/c1-3-15-8-7-11-5-4-6-12(14(11)15)10(2)9-13(16)17/h4-6,10H,3,7-9H2,1-2H3,(H,16,17). The van der Waals surface area contributed by atoms with E-state index in [9.17, 15) is 4.79 Å². The van der Waals surface area contributed by atoms with Crippen molar-refractivity contribution in [3.8, 4) is 0 Å². The van der Waals surface area contributed by atoms with E-state index in [0.29, 0.717) is 0 Å². The van der Waals surface area contributed by atoms with Crippen molar-refractivity contribution in [2.24, 2.45) is 0 Å². The van der Waals surface area contributed by atoms with Gasteiger partial charge in [0.2, 0.25) is 0 Å². The lowest BCUT2D eigenvalue weighted by Crippen LogP contribution is -2.21. The summed E-state index contributed by atoms with van der Waals surface area (Å²) in [5.74, 6) is -0.647. The van der Waals surface area contributed by atoms with Crippen LogP contribution in [0, 0.1) is 0 Å². The average molecular weight is 233 g/mol. The normalized spacial score (nSPS) is 15.8. The van der Waals surface area contributed by atoms with Crippen LogP contribution < -0.4 is 4.90 Å². The van der Waals surface area contributed by atoms with Crippen LogP contribution in [0.15, 0.2) is 18.2 Å². The molecule has 1 aromatic rings. The molecule has 2 rings (SSSR count). The summed E-state index contributed by atoms with van der Waals surface area (Å²) in [6.45, 7) is 6.19. The number of carbonyl (C=O) groups is 1. The number of para-hydroxylation sites is 1. The number of rotatable bonds is 4. The number of hydrogen-bond donors (Lipinski definition) is 1. The first-order valence-corrected chi connectivity index (χ1v) is 6.22. The Morgan fingerprint density at radius 3 is 2.94 bits per heavy atom. The molecule has 0 aromatic heterocycles. The molecule has 0 saturated carbocycles. The van der Waals surface area contributed by atoms with Gasteiger partial charge in [-0.2, -0.15) is 0 Å². The zero-order chi connectivity index (χ0) is 12.4. The fourth-order valence-corrected chi connectivity index (χ4v) is 2.65. The molecule has 0 spiro atoms. The summed E-state index contributed by atoms with van der Waals surface area (Å²) in [6.07, 6.45) is 1.28. The second kappa shape index (κ2) is 4.78. The van der Waals surface area contributed by atoms with Gasteiger partial charge in [-0.1, -0.05) is 25.1 Å².